The van der Waals surface area contributed by atoms with Crippen molar-refractivity contribution < 1.29 is 19.1 Å². The Hall–Kier alpha value is -3.35. The minimum atomic E-state index is -0.793. The van der Waals surface area contributed by atoms with E-state index in [1.165, 1.54) is 6.42 Å². The molecule has 0 heterocycles. The zero-order valence-corrected chi connectivity index (χ0v) is 18.2. The van der Waals surface area contributed by atoms with Crippen LogP contribution in [0, 0.1) is 0 Å². The summed E-state index contributed by atoms with van der Waals surface area (Å²) in [5.74, 6) is -1.19. The normalized spacial score (nSPS) is 10.3. The van der Waals surface area contributed by atoms with Gasteiger partial charge in [-0.1, -0.05) is 62.9 Å². The van der Waals surface area contributed by atoms with Crippen LogP contribution in [-0.4, -0.2) is 31.4 Å². The van der Waals surface area contributed by atoms with E-state index in [-0.39, 0.29) is 23.7 Å². The Bertz CT molecular complexity index is 883. The molecule has 7 nitrogen and oxygen atoms in total. The third-order valence-corrected chi connectivity index (χ3v) is 4.82. The summed E-state index contributed by atoms with van der Waals surface area (Å²) in [7, 11) is 1.57. The second-order valence-corrected chi connectivity index (χ2v) is 7.16. The number of hydrogen-bond donors (Lipinski definition) is 3. The molecule has 0 fully saturated rings. The number of benzene rings is 2. The molecule has 2 rings (SSSR count). The first-order valence-electron chi connectivity index (χ1n) is 10.6. The fraction of sp³-hybridized carbons (Fsp3) is 0.375. The molecular weight excluding hydrogens is 394 g/mol. The predicted octanol–water partition coefficient (Wildman–Crippen LogP) is 3.65. The fourth-order valence-electron chi connectivity index (χ4n) is 3.10. The molecule has 7 heteroatoms. The average molecular weight is 426 g/mol. The van der Waals surface area contributed by atoms with Crippen LogP contribution in [0.15, 0.2) is 48.5 Å². The molecule has 31 heavy (non-hydrogen) atoms. The van der Waals surface area contributed by atoms with Crippen LogP contribution in [0.25, 0.3) is 0 Å². The van der Waals surface area contributed by atoms with Crippen LogP contribution >= 0.6 is 0 Å². The molecule has 0 aliphatic carbocycles. The van der Waals surface area contributed by atoms with Crippen LogP contribution < -0.4 is 20.7 Å². The molecule has 2 aromatic carbocycles. The van der Waals surface area contributed by atoms with E-state index in [1.54, 1.807) is 31.4 Å². The highest BCUT2D eigenvalue weighted by atomic mass is 16.5. The van der Waals surface area contributed by atoms with Crippen molar-refractivity contribution in [2.45, 2.75) is 45.6 Å². The van der Waals surface area contributed by atoms with Gasteiger partial charge in [0.1, 0.15) is 5.75 Å². The number of carbonyl (C=O) groups excluding carboxylic acids is 3. The summed E-state index contributed by atoms with van der Waals surface area (Å²) in [5, 5.41) is 7.98. The van der Waals surface area contributed by atoms with Gasteiger partial charge in [-0.15, -0.1) is 0 Å². The highest BCUT2D eigenvalue weighted by molar-refractivity contribution is 6.40. The van der Waals surface area contributed by atoms with E-state index >= 15 is 0 Å². The quantitative estimate of drug-likeness (QED) is 0.378. The summed E-state index contributed by atoms with van der Waals surface area (Å²) in [6, 6.07) is 14.0. The van der Waals surface area contributed by atoms with Crippen LogP contribution in [0.2, 0.25) is 0 Å². The van der Waals surface area contributed by atoms with E-state index in [2.05, 4.69) is 22.9 Å². The Balaban J connectivity index is 1.91. The van der Waals surface area contributed by atoms with Gasteiger partial charge in [-0.3, -0.25) is 14.4 Å². The van der Waals surface area contributed by atoms with Crippen molar-refractivity contribution in [3.63, 3.8) is 0 Å². The summed E-state index contributed by atoms with van der Waals surface area (Å²) >= 11 is 0. The van der Waals surface area contributed by atoms with Crippen molar-refractivity contribution in [1.82, 2.24) is 10.6 Å². The SMILES string of the molecule is CCCCCCCNC(=O)C(=O)Nc1ccccc1C(=O)NCc1ccccc1OC. The zero-order chi connectivity index (χ0) is 22.5. The maximum absolute atomic E-state index is 12.7. The van der Waals surface area contributed by atoms with Gasteiger partial charge in [0.05, 0.1) is 18.4 Å². The largest absolute Gasteiger partial charge is 0.496 e. The third-order valence-electron chi connectivity index (χ3n) is 4.82. The molecule has 0 aliphatic heterocycles. The molecule has 2 aromatic rings. The first-order chi connectivity index (χ1) is 15.1. The van der Waals surface area contributed by atoms with Gasteiger partial charge in [0.2, 0.25) is 0 Å². The number of unbranched alkanes of at least 4 members (excludes halogenated alkanes) is 4. The Labute approximate surface area is 183 Å². The van der Waals surface area contributed by atoms with E-state index in [1.807, 2.05) is 24.3 Å². The fourth-order valence-corrected chi connectivity index (χ4v) is 3.10. The number of anilines is 1. The molecule has 166 valence electrons. The zero-order valence-electron chi connectivity index (χ0n) is 18.2. The van der Waals surface area contributed by atoms with Gasteiger partial charge >= 0.3 is 11.8 Å². The molecule has 0 unspecified atom stereocenters. The molecular formula is C24H31N3O4. The molecule has 0 atom stereocenters. The van der Waals surface area contributed by atoms with E-state index in [9.17, 15) is 14.4 Å². The van der Waals surface area contributed by atoms with E-state index < -0.39 is 11.8 Å². The van der Waals surface area contributed by atoms with E-state index in [4.69, 9.17) is 4.74 Å². The monoisotopic (exact) mass is 425 g/mol. The minimum Gasteiger partial charge on any atom is -0.496 e. The number of rotatable bonds is 11. The summed E-state index contributed by atoms with van der Waals surface area (Å²) in [6.45, 7) is 2.86. The van der Waals surface area contributed by atoms with E-state index in [0.717, 1.165) is 31.2 Å². The van der Waals surface area contributed by atoms with Crippen molar-refractivity contribution in [1.29, 1.82) is 0 Å². The maximum atomic E-state index is 12.7. The molecule has 0 saturated heterocycles. The molecule has 3 N–H and O–H groups in total. The van der Waals surface area contributed by atoms with Gasteiger partial charge in [-0.05, 0) is 24.6 Å². The molecule has 0 spiro atoms. The van der Waals surface area contributed by atoms with Crippen LogP contribution in [0.1, 0.15) is 54.9 Å². The lowest BCUT2D eigenvalue weighted by atomic mass is 10.1. The predicted molar refractivity (Wildman–Crippen MR) is 121 cm³/mol. The number of carbonyl (C=O) groups is 3. The Kier molecular flexibility index (Phi) is 10.1. The summed E-state index contributed by atoms with van der Waals surface area (Å²) in [5.41, 5.74) is 1.39. The van der Waals surface area contributed by atoms with Gasteiger partial charge in [-0.25, -0.2) is 0 Å². The van der Waals surface area contributed by atoms with E-state index in [0.29, 0.717) is 12.3 Å². The van der Waals surface area contributed by atoms with Gasteiger partial charge in [0.15, 0.2) is 0 Å². The first-order valence-corrected chi connectivity index (χ1v) is 10.6. The number of ether oxygens (including phenoxy) is 1. The Morgan fingerprint density at radius 1 is 0.839 bits per heavy atom. The third kappa shape index (κ3) is 7.77. The number of methoxy groups -OCH3 is 1. The number of hydrogen-bond acceptors (Lipinski definition) is 4. The van der Waals surface area contributed by atoms with Crippen molar-refractivity contribution in [2.24, 2.45) is 0 Å². The van der Waals surface area contributed by atoms with Crippen molar-refractivity contribution >= 4 is 23.4 Å². The average Bonchev–Trinajstić information content (AvgIpc) is 2.80. The van der Waals surface area contributed by atoms with Crippen molar-refractivity contribution in [3.05, 3.63) is 59.7 Å². The molecule has 0 radical (unpaired) electrons. The Morgan fingerprint density at radius 3 is 2.32 bits per heavy atom. The molecule has 0 aromatic heterocycles. The van der Waals surface area contributed by atoms with Crippen LogP contribution in [0.5, 0.6) is 5.75 Å². The highest BCUT2D eigenvalue weighted by Crippen LogP contribution is 2.18. The number of nitrogens with one attached hydrogen (secondary N) is 3. The van der Waals surface area contributed by atoms with Gasteiger partial charge in [0, 0.05) is 18.7 Å². The lowest BCUT2D eigenvalue weighted by Crippen LogP contribution is -2.36. The molecule has 0 bridgehead atoms. The molecule has 0 aliphatic rings. The minimum absolute atomic E-state index is 0.268. The second-order valence-electron chi connectivity index (χ2n) is 7.16. The summed E-state index contributed by atoms with van der Waals surface area (Å²) in [6.07, 6.45) is 5.30. The smallest absolute Gasteiger partial charge is 0.313 e. The van der Waals surface area contributed by atoms with Crippen molar-refractivity contribution in [2.75, 3.05) is 19.0 Å². The van der Waals surface area contributed by atoms with Gasteiger partial charge < -0.3 is 20.7 Å². The summed E-state index contributed by atoms with van der Waals surface area (Å²) < 4.78 is 5.29. The summed E-state index contributed by atoms with van der Waals surface area (Å²) in [4.78, 5) is 37.0. The second kappa shape index (κ2) is 13.1. The van der Waals surface area contributed by atoms with Crippen LogP contribution in [0.4, 0.5) is 5.69 Å². The lowest BCUT2D eigenvalue weighted by molar-refractivity contribution is -0.136. The number of amides is 3. The Morgan fingerprint density at radius 2 is 1.55 bits per heavy atom. The highest BCUT2D eigenvalue weighted by Gasteiger charge is 2.17. The topological polar surface area (TPSA) is 96.5 Å². The van der Waals surface area contributed by atoms with Gasteiger partial charge in [0.25, 0.3) is 5.91 Å². The van der Waals surface area contributed by atoms with Crippen LogP contribution in [-0.2, 0) is 16.1 Å². The first kappa shape index (κ1) is 23.9. The standard InChI is InChI=1S/C24H31N3O4/c1-3-4-5-6-11-16-25-23(29)24(30)27-20-14-9-8-13-19(20)22(28)26-17-18-12-7-10-15-21(18)31-2/h7-10,12-15H,3-6,11,16-17H2,1-2H3,(H,25,29)(H,26,28)(H,27,30). The van der Waals surface area contributed by atoms with Crippen molar-refractivity contribution in [3.8, 4) is 5.75 Å². The lowest BCUT2D eigenvalue weighted by Gasteiger charge is -2.13. The molecule has 3 amide bonds. The number of para-hydroxylation sites is 2. The van der Waals surface area contributed by atoms with Gasteiger partial charge in [-0.2, -0.15) is 0 Å². The maximum Gasteiger partial charge on any atom is 0.313 e. The molecule has 0 saturated carbocycles. The van der Waals surface area contributed by atoms with Crippen LogP contribution in [0.3, 0.4) is 0 Å².